The normalized spacial score (nSPS) is 20.6. The Bertz CT molecular complexity index is 371. The van der Waals surface area contributed by atoms with Gasteiger partial charge in [0.25, 0.3) is 0 Å². The SMILES string of the molecule is CCCNCC(CC1CCCO1)c1ccccc1C. The average Bonchev–Trinajstić information content (AvgIpc) is 2.91. The van der Waals surface area contributed by atoms with E-state index < -0.39 is 0 Å². The van der Waals surface area contributed by atoms with Crippen LogP contribution in [-0.2, 0) is 4.74 Å². The molecule has 1 aromatic rings. The lowest BCUT2D eigenvalue weighted by Gasteiger charge is -2.23. The first kappa shape index (κ1) is 14.5. The van der Waals surface area contributed by atoms with E-state index in [1.807, 2.05) is 0 Å². The Balaban J connectivity index is 2.02. The molecule has 2 unspecified atom stereocenters. The third-order valence-corrected chi connectivity index (χ3v) is 4.02. The van der Waals surface area contributed by atoms with Crippen molar-refractivity contribution >= 4 is 0 Å². The maximum absolute atomic E-state index is 5.82. The Morgan fingerprint density at radius 2 is 2.21 bits per heavy atom. The molecule has 1 fully saturated rings. The summed E-state index contributed by atoms with van der Waals surface area (Å²) >= 11 is 0. The van der Waals surface area contributed by atoms with E-state index in [0.717, 1.165) is 26.1 Å². The van der Waals surface area contributed by atoms with Gasteiger partial charge in [0.05, 0.1) is 6.10 Å². The molecule has 0 aliphatic carbocycles. The third-order valence-electron chi connectivity index (χ3n) is 4.02. The molecule has 2 atom stereocenters. The lowest BCUT2D eigenvalue weighted by Crippen LogP contribution is -2.25. The predicted octanol–water partition coefficient (Wildman–Crippen LogP) is 3.65. The maximum Gasteiger partial charge on any atom is 0.0582 e. The van der Waals surface area contributed by atoms with Crippen molar-refractivity contribution in [3.8, 4) is 0 Å². The summed E-state index contributed by atoms with van der Waals surface area (Å²) in [6, 6.07) is 8.78. The standard InChI is InChI=1S/C17H27NO/c1-3-10-18-13-15(12-16-8-6-11-19-16)17-9-5-4-7-14(17)2/h4-5,7,9,15-16,18H,3,6,8,10-13H2,1-2H3. The van der Waals surface area contributed by atoms with E-state index in [2.05, 4.69) is 43.4 Å². The molecule has 1 N–H and O–H groups in total. The van der Waals surface area contributed by atoms with Crippen LogP contribution < -0.4 is 5.32 Å². The highest BCUT2D eigenvalue weighted by atomic mass is 16.5. The number of hydrogen-bond donors (Lipinski definition) is 1. The summed E-state index contributed by atoms with van der Waals surface area (Å²) in [7, 11) is 0. The first-order valence-electron chi connectivity index (χ1n) is 7.69. The molecule has 0 bridgehead atoms. The molecule has 1 saturated heterocycles. The summed E-state index contributed by atoms with van der Waals surface area (Å²) in [5, 5.41) is 3.58. The molecular formula is C17H27NO. The molecule has 0 radical (unpaired) electrons. The molecule has 2 heteroatoms. The van der Waals surface area contributed by atoms with Crippen LogP contribution in [0.1, 0.15) is 49.7 Å². The highest BCUT2D eigenvalue weighted by Crippen LogP contribution is 2.28. The minimum absolute atomic E-state index is 0.466. The number of nitrogens with one attached hydrogen (secondary N) is 1. The van der Waals surface area contributed by atoms with E-state index in [-0.39, 0.29) is 0 Å². The zero-order valence-corrected chi connectivity index (χ0v) is 12.3. The monoisotopic (exact) mass is 261 g/mol. The Labute approximate surface area is 117 Å². The second-order valence-electron chi connectivity index (χ2n) is 5.63. The fourth-order valence-electron chi connectivity index (χ4n) is 2.97. The maximum atomic E-state index is 5.82. The van der Waals surface area contributed by atoms with E-state index in [4.69, 9.17) is 4.74 Å². The van der Waals surface area contributed by atoms with Gasteiger partial charge in [-0.1, -0.05) is 31.2 Å². The molecule has 19 heavy (non-hydrogen) atoms. The second-order valence-corrected chi connectivity index (χ2v) is 5.63. The van der Waals surface area contributed by atoms with Crippen LogP contribution in [0.3, 0.4) is 0 Å². The van der Waals surface area contributed by atoms with Crippen molar-refractivity contribution in [2.45, 2.75) is 51.6 Å². The first-order chi connectivity index (χ1) is 9.31. The van der Waals surface area contributed by atoms with Crippen LogP contribution in [0, 0.1) is 6.92 Å². The van der Waals surface area contributed by atoms with Crippen molar-refractivity contribution < 1.29 is 4.74 Å². The van der Waals surface area contributed by atoms with Gasteiger partial charge in [-0.3, -0.25) is 0 Å². The minimum atomic E-state index is 0.466. The highest BCUT2D eigenvalue weighted by molar-refractivity contribution is 5.29. The second kappa shape index (κ2) is 7.66. The molecule has 0 spiro atoms. The molecule has 2 rings (SSSR count). The van der Waals surface area contributed by atoms with Crippen LogP contribution in [0.4, 0.5) is 0 Å². The van der Waals surface area contributed by atoms with Gasteiger partial charge in [0.15, 0.2) is 0 Å². The summed E-state index contributed by atoms with van der Waals surface area (Å²) in [5.74, 6) is 0.579. The Hall–Kier alpha value is -0.860. The van der Waals surface area contributed by atoms with E-state index in [0.29, 0.717) is 12.0 Å². The fourth-order valence-corrected chi connectivity index (χ4v) is 2.97. The first-order valence-corrected chi connectivity index (χ1v) is 7.69. The van der Waals surface area contributed by atoms with Gasteiger partial charge < -0.3 is 10.1 Å². The van der Waals surface area contributed by atoms with Crippen LogP contribution >= 0.6 is 0 Å². The molecule has 106 valence electrons. The predicted molar refractivity (Wildman–Crippen MR) is 80.7 cm³/mol. The summed E-state index contributed by atoms with van der Waals surface area (Å²) in [6.45, 7) is 7.56. The van der Waals surface area contributed by atoms with E-state index in [1.165, 1.54) is 30.4 Å². The van der Waals surface area contributed by atoms with Crippen LogP contribution in [0.15, 0.2) is 24.3 Å². The van der Waals surface area contributed by atoms with Gasteiger partial charge in [-0.25, -0.2) is 0 Å². The number of rotatable bonds is 7. The van der Waals surface area contributed by atoms with Gasteiger partial charge in [0.2, 0.25) is 0 Å². The van der Waals surface area contributed by atoms with Crippen molar-refractivity contribution in [2.24, 2.45) is 0 Å². The summed E-state index contributed by atoms with van der Waals surface area (Å²) in [4.78, 5) is 0. The quantitative estimate of drug-likeness (QED) is 0.757. The number of benzene rings is 1. The van der Waals surface area contributed by atoms with E-state index in [9.17, 15) is 0 Å². The van der Waals surface area contributed by atoms with Crippen molar-refractivity contribution in [3.05, 3.63) is 35.4 Å². The summed E-state index contributed by atoms with van der Waals surface area (Å²) in [6.07, 6.45) is 5.28. The summed E-state index contributed by atoms with van der Waals surface area (Å²) < 4.78 is 5.82. The topological polar surface area (TPSA) is 21.3 Å². The molecule has 1 aromatic carbocycles. The van der Waals surface area contributed by atoms with E-state index >= 15 is 0 Å². The van der Waals surface area contributed by atoms with Gasteiger partial charge in [0.1, 0.15) is 0 Å². The fraction of sp³-hybridized carbons (Fsp3) is 0.647. The van der Waals surface area contributed by atoms with Crippen LogP contribution in [0.2, 0.25) is 0 Å². The number of hydrogen-bond acceptors (Lipinski definition) is 2. The molecule has 2 nitrogen and oxygen atoms in total. The molecule has 1 heterocycles. The molecule has 0 saturated carbocycles. The van der Waals surface area contributed by atoms with Crippen molar-refractivity contribution in [2.75, 3.05) is 19.7 Å². The van der Waals surface area contributed by atoms with Crippen LogP contribution in [-0.4, -0.2) is 25.8 Å². The highest BCUT2D eigenvalue weighted by Gasteiger charge is 2.22. The molecule has 1 aliphatic rings. The molecule has 0 aromatic heterocycles. The lowest BCUT2D eigenvalue weighted by atomic mass is 9.89. The van der Waals surface area contributed by atoms with Gasteiger partial charge in [-0.15, -0.1) is 0 Å². The average molecular weight is 261 g/mol. The van der Waals surface area contributed by atoms with Crippen molar-refractivity contribution in [3.63, 3.8) is 0 Å². The van der Waals surface area contributed by atoms with Gasteiger partial charge in [-0.2, -0.15) is 0 Å². The molecule has 0 amide bonds. The number of ether oxygens (including phenoxy) is 1. The smallest absolute Gasteiger partial charge is 0.0582 e. The zero-order chi connectivity index (χ0) is 13.5. The summed E-state index contributed by atoms with van der Waals surface area (Å²) in [5.41, 5.74) is 2.89. The largest absolute Gasteiger partial charge is 0.378 e. The third kappa shape index (κ3) is 4.32. The zero-order valence-electron chi connectivity index (χ0n) is 12.3. The van der Waals surface area contributed by atoms with E-state index in [1.54, 1.807) is 0 Å². The Morgan fingerprint density at radius 1 is 1.37 bits per heavy atom. The minimum Gasteiger partial charge on any atom is -0.378 e. The Kier molecular flexibility index (Phi) is 5.87. The Morgan fingerprint density at radius 3 is 2.89 bits per heavy atom. The van der Waals surface area contributed by atoms with Gasteiger partial charge in [-0.05, 0) is 56.2 Å². The van der Waals surface area contributed by atoms with Crippen LogP contribution in [0.5, 0.6) is 0 Å². The number of aryl methyl sites for hydroxylation is 1. The molecule has 1 aliphatic heterocycles. The van der Waals surface area contributed by atoms with Gasteiger partial charge in [0, 0.05) is 13.2 Å². The van der Waals surface area contributed by atoms with Crippen LogP contribution in [0.25, 0.3) is 0 Å². The van der Waals surface area contributed by atoms with Gasteiger partial charge >= 0.3 is 0 Å². The lowest BCUT2D eigenvalue weighted by molar-refractivity contribution is 0.0976. The van der Waals surface area contributed by atoms with Crippen molar-refractivity contribution in [1.29, 1.82) is 0 Å². The molecular weight excluding hydrogens is 234 g/mol. The van der Waals surface area contributed by atoms with Crippen molar-refractivity contribution in [1.82, 2.24) is 5.32 Å².